The van der Waals surface area contributed by atoms with Crippen LogP contribution in [0.4, 0.5) is 13.2 Å². The molecule has 0 heterocycles. The topological polar surface area (TPSA) is 55.5 Å². The molecule has 1 atom stereocenters. The molecule has 0 saturated carbocycles. The van der Waals surface area contributed by atoms with Crippen molar-refractivity contribution in [2.24, 2.45) is 5.90 Å². The minimum Gasteiger partial charge on any atom is -0.396 e. The molecule has 90 valence electrons. The van der Waals surface area contributed by atoms with E-state index < -0.39 is 17.8 Å². The zero-order valence-electron chi connectivity index (χ0n) is 8.37. The van der Waals surface area contributed by atoms with E-state index in [4.69, 9.17) is 11.0 Å². The summed E-state index contributed by atoms with van der Waals surface area (Å²) in [5, 5.41) is 8.70. The zero-order valence-corrected chi connectivity index (χ0v) is 8.37. The van der Waals surface area contributed by atoms with Crippen LogP contribution < -0.4 is 5.90 Å². The van der Waals surface area contributed by atoms with Gasteiger partial charge in [-0.3, -0.25) is 4.84 Å². The van der Waals surface area contributed by atoms with Crippen molar-refractivity contribution in [2.75, 3.05) is 6.61 Å². The van der Waals surface area contributed by atoms with Crippen molar-refractivity contribution in [1.29, 1.82) is 0 Å². The van der Waals surface area contributed by atoms with Gasteiger partial charge in [-0.1, -0.05) is 12.1 Å². The molecule has 0 fully saturated rings. The highest BCUT2D eigenvalue weighted by Crippen LogP contribution is 2.31. The Labute approximate surface area is 90.6 Å². The molecule has 16 heavy (non-hydrogen) atoms. The van der Waals surface area contributed by atoms with E-state index in [1.54, 1.807) is 0 Å². The second kappa shape index (κ2) is 5.29. The Morgan fingerprint density at radius 3 is 2.56 bits per heavy atom. The summed E-state index contributed by atoms with van der Waals surface area (Å²) in [5.74, 6) is 4.96. The van der Waals surface area contributed by atoms with E-state index in [2.05, 4.69) is 4.84 Å². The molecule has 0 spiro atoms. The number of benzene rings is 1. The van der Waals surface area contributed by atoms with E-state index in [1.165, 1.54) is 12.1 Å². The molecule has 0 aliphatic carbocycles. The Morgan fingerprint density at radius 1 is 1.38 bits per heavy atom. The predicted octanol–water partition coefficient (Wildman–Crippen LogP) is 2.02. The van der Waals surface area contributed by atoms with Crippen molar-refractivity contribution in [1.82, 2.24) is 0 Å². The first-order valence-corrected chi connectivity index (χ1v) is 4.62. The van der Waals surface area contributed by atoms with Crippen LogP contribution in [0.3, 0.4) is 0 Å². The van der Waals surface area contributed by atoms with Gasteiger partial charge in [0.1, 0.15) is 6.10 Å². The molecule has 1 aromatic carbocycles. The van der Waals surface area contributed by atoms with E-state index in [9.17, 15) is 13.2 Å². The molecule has 1 aromatic rings. The number of nitrogens with two attached hydrogens (primary N) is 1. The number of halogens is 3. The highest BCUT2D eigenvalue weighted by atomic mass is 19.4. The summed E-state index contributed by atoms with van der Waals surface area (Å²) in [6.07, 6.45) is -4.97. The van der Waals surface area contributed by atoms with Crippen LogP contribution in [0.1, 0.15) is 23.7 Å². The first-order valence-electron chi connectivity index (χ1n) is 4.62. The van der Waals surface area contributed by atoms with E-state index in [1.807, 2.05) is 0 Å². The quantitative estimate of drug-likeness (QED) is 0.785. The molecule has 3 nitrogen and oxygen atoms in total. The summed E-state index contributed by atoms with van der Waals surface area (Å²) < 4.78 is 37.2. The van der Waals surface area contributed by atoms with Gasteiger partial charge in [0, 0.05) is 13.0 Å². The smallest absolute Gasteiger partial charge is 0.396 e. The molecule has 1 rings (SSSR count). The van der Waals surface area contributed by atoms with Crippen LogP contribution in [0.15, 0.2) is 24.3 Å². The summed E-state index contributed by atoms with van der Waals surface area (Å²) in [6, 6.07) is 4.69. The van der Waals surface area contributed by atoms with Gasteiger partial charge in [0.25, 0.3) is 0 Å². The van der Waals surface area contributed by atoms with Gasteiger partial charge in [-0.2, -0.15) is 13.2 Å². The number of aliphatic hydroxyl groups excluding tert-OH is 1. The van der Waals surface area contributed by atoms with Crippen LogP contribution in [0.2, 0.25) is 0 Å². The number of hydrogen-bond acceptors (Lipinski definition) is 3. The third kappa shape index (κ3) is 3.19. The number of rotatable bonds is 4. The maximum Gasteiger partial charge on any atom is 0.416 e. The molecule has 0 aliphatic rings. The first kappa shape index (κ1) is 13.0. The van der Waals surface area contributed by atoms with Gasteiger partial charge in [-0.05, 0) is 17.7 Å². The molecule has 0 bridgehead atoms. The third-order valence-corrected chi connectivity index (χ3v) is 2.14. The minimum absolute atomic E-state index is 0.151. The average molecular weight is 235 g/mol. The molecule has 6 heteroatoms. The molecule has 1 unspecified atom stereocenters. The largest absolute Gasteiger partial charge is 0.416 e. The van der Waals surface area contributed by atoms with Gasteiger partial charge >= 0.3 is 6.18 Å². The fourth-order valence-electron chi connectivity index (χ4n) is 1.35. The fraction of sp³-hybridized carbons (Fsp3) is 0.400. The maximum atomic E-state index is 12.4. The molecular weight excluding hydrogens is 223 g/mol. The van der Waals surface area contributed by atoms with E-state index in [0.717, 1.165) is 12.1 Å². The summed E-state index contributed by atoms with van der Waals surface area (Å²) in [5.41, 5.74) is -0.462. The Morgan fingerprint density at radius 2 is 2.06 bits per heavy atom. The maximum absolute atomic E-state index is 12.4. The van der Waals surface area contributed by atoms with Crippen LogP contribution in [-0.4, -0.2) is 11.7 Å². The zero-order chi connectivity index (χ0) is 12.2. The van der Waals surface area contributed by atoms with Gasteiger partial charge in [0.2, 0.25) is 0 Å². The highest BCUT2D eigenvalue weighted by Gasteiger charge is 2.30. The monoisotopic (exact) mass is 235 g/mol. The Kier molecular flexibility index (Phi) is 4.28. The lowest BCUT2D eigenvalue weighted by atomic mass is 10.0. The predicted molar refractivity (Wildman–Crippen MR) is 51.2 cm³/mol. The second-order valence-electron chi connectivity index (χ2n) is 3.26. The Balaban J connectivity index is 2.97. The molecule has 0 radical (unpaired) electrons. The normalized spacial score (nSPS) is 13.8. The highest BCUT2D eigenvalue weighted by molar-refractivity contribution is 5.27. The molecule has 0 aliphatic heterocycles. The van der Waals surface area contributed by atoms with Gasteiger partial charge in [-0.25, -0.2) is 5.90 Å². The van der Waals surface area contributed by atoms with Crippen LogP contribution in [0.25, 0.3) is 0 Å². The standard InChI is InChI=1S/C10H12F3NO2/c11-10(12,13)8-3-1-2-7(6-8)9(16-14)4-5-15/h1-3,6,9,15H,4-5,14H2. The molecule has 0 amide bonds. The summed E-state index contributed by atoms with van der Waals surface area (Å²) in [6.45, 7) is -0.210. The van der Waals surface area contributed by atoms with Crippen molar-refractivity contribution in [3.63, 3.8) is 0 Å². The summed E-state index contributed by atoms with van der Waals surface area (Å²) >= 11 is 0. The second-order valence-corrected chi connectivity index (χ2v) is 3.26. The lowest BCUT2D eigenvalue weighted by Gasteiger charge is -2.15. The van der Waals surface area contributed by atoms with Crippen molar-refractivity contribution >= 4 is 0 Å². The number of hydrogen-bond donors (Lipinski definition) is 2. The number of aliphatic hydroxyl groups is 1. The van der Waals surface area contributed by atoms with E-state index in [-0.39, 0.29) is 13.0 Å². The van der Waals surface area contributed by atoms with Gasteiger partial charge in [0.15, 0.2) is 0 Å². The summed E-state index contributed by atoms with van der Waals surface area (Å²) in [4.78, 5) is 4.52. The lowest BCUT2D eigenvalue weighted by Crippen LogP contribution is -2.12. The van der Waals surface area contributed by atoms with Crippen LogP contribution in [-0.2, 0) is 11.0 Å². The van der Waals surface area contributed by atoms with E-state index in [0.29, 0.717) is 5.56 Å². The van der Waals surface area contributed by atoms with E-state index >= 15 is 0 Å². The lowest BCUT2D eigenvalue weighted by molar-refractivity contribution is -0.137. The SMILES string of the molecule is NOC(CCO)c1cccc(C(F)(F)F)c1. The van der Waals surface area contributed by atoms with Crippen molar-refractivity contribution in [3.05, 3.63) is 35.4 Å². The Bertz CT molecular complexity index is 341. The first-order chi connectivity index (χ1) is 7.49. The van der Waals surface area contributed by atoms with Crippen LogP contribution in [0.5, 0.6) is 0 Å². The van der Waals surface area contributed by atoms with Gasteiger partial charge in [0.05, 0.1) is 5.56 Å². The molecular formula is C10H12F3NO2. The van der Waals surface area contributed by atoms with Crippen LogP contribution >= 0.6 is 0 Å². The molecule has 0 saturated heterocycles. The van der Waals surface area contributed by atoms with Gasteiger partial charge in [-0.15, -0.1) is 0 Å². The average Bonchev–Trinajstić information content (AvgIpc) is 2.25. The molecule has 0 aromatic heterocycles. The van der Waals surface area contributed by atoms with Crippen molar-refractivity contribution < 1.29 is 23.1 Å². The summed E-state index contributed by atoms with van der Waals surface area (Å²) in [7, 11) is 0. The fourth-order valence-corrected chi connectivity index (χ4v) is 1.35. The number of alkyl halides is 3. The van der Waals surface area contributed by atoms with Gasteiger partial charge < -0.3 is 5.11 Å². The Hall–Kier alpha value is -1.11. The third-order valence-electron chi connectivity index (χ3n) is 2.14. The minimum atomic E-state index is -4.39. The van der Waals surface area contributed by atoms with Crippen LogP contribution in [0, 0.1) is 0 Å². The van der Waals surface area contributed by atoms with Crippen molar-refractivity contribution in [3.8, 4) is 0 Å². The molecule has 3 N–H and O–H groups in total. The van der Waals surface area contributed by atoms with Crippen molar-refractivity contribution in [2.45, 2.75) is 18.7 Å².